The summed E-state index contributed by atoms with van der Waals surface area (Å²) in [4.78, 5) is 2.32. The molecular weight excluding hydrogens is 278 g/mol. The largest absolute Gasteiger partial charge is 0.398 e. The lowest BCUT2D eigenvalue weighted by Crippen LogP contribution is -1.86. The highest BCUT2D eigenvalue weighted by atomic mass is 79.9. The molecule has 14 heavy (non-hydrogen) atoms. The number of halogens is 1. The van der Waals surface area contributed by atoms with E-state index in [-0.39, 0.29) is 0 Å². The second kappa shape index (κ2) is 4.38. The number of rotatable bonds is 2. The SMILES string of the molecule is Nc1ccccc1Sc1ccsc1Br. The molecule has 1 aromatic heterocycles. The van der Waals surface area contributed by atoms with Crippen LogP contribution in [0.25, 0.3) is 0 Å². The van der Waals surface area contributed by atoms with E-state index in [0.29, 0.717) is 0 Å². The van der Waals surface area contributed by atoms with Crippen molar-refractivity contribution in [3.8, 4) is 0 Å². The summed E-state index contributed by atoms with van der Waals surface area (Å²) in [7, 11) is 0. The Morgan fingerprint density at radius 3 is 2.57 bits per heavy atom. The summed E-state index contributed by atoms with van der Waals surface area (Å²) < 4.78 is 1.16. The minimum atomic E-state index is 0.829. The van der Waals surface area contributed by atoms with E-state index in [0.717, 1.165) is 14.4 Å². The van der Waals surface area contributed by atoms with Gasteiger partial charge in [-0.1, -0.05) is 23.9 Å². The van der Waals surface area contributed by atoms with Gasteiger partial charge in [0.05, 0.1) is 3.79 Å². The standard InChI is InChI=1S/C10H8BrNS2/c11-10-9(5-6-13-10)14-8-4-2-1-3-7(8)12/h1-6H,12H2. The van der Waals surface area contributed by atoms with Gasteiger partial charge in [-0.3, -0.25) is 0 Å². The summed E-state index contributed by atoms with van der Waals surface area (Å²) in [5.41, 5.74) is 6.68. The molecule has 4 heteroatoms. The molecule has 0 aliphatic carbocycles. The average Bonchev–Trinajstić information content (AvgIpc) is 2.56. The molecule has 1 nitrogen and oxygen atoms in total. The first-order chi connectivity index (χ1) is 6.77. The number of anilines is 1. The smallest absolute Gasteiger partial charge is 0.0837 e. The van der Waals surface area contributed by atoms with E-state index in [1.165, 1.54) is 4.90 Å². The van der Waals surface area contributed by atoms with Crippen LogP contribution in [0.1, 0.15) is 0 Å². The highest BCUT2D eigenvalue weighted by Crippen LogP contribution is 2.38. The molecule has 2 N–H and O–H groups in total. The number of thiophene rings is 1. The van der Waals surface area contributed by atoms with E-state index >= 15 is 0 Å². The topological polar surface area (TPSA) is 26.0 Å². The van der Waals surface area contributed by atoms with Gasteiger partial charge in [-0.05, 0) is 39.5 Å². The highest BCUT2D eigenvalue weighted by molar-refractivity contribution is 9.11. The second-order valence-electron chi connectivity index (χ2n) is 2.70. The summed E-state index contributed by atoms with van der Waals surface area (Å²) in [5.74, 6) is 0. The third kappa shape index (κ3) is 2.13. The molecule has 0 radical (unpaired) electrons. The van der Waals surface area contributed by atoms with E-state index in [9.17, 15) is 0 Å². The molecule has 0 spiro atoms. The van der Waals surface area contributed by atoms with Crippen molar-refractivity contribution in [2.24, 2.45) is 0 Å². The summed E-state index contributed by atoms with van der Waals surface area (Å²) in [5, 5.41) is 2.06. The molecule has 1 aromatic carbocycles. The first-order valence-electron chi connectivity index (χ1n) is 4.03. The van der Waals surface area contributed by atoms with Gasteiger partial charge in [-0.2, -0.15) is 0 Å². The Labute approximate surface area is 99.5 Å². The molecule has 1 heterocycles. The Balaban J connectivity index is 2.28. The summed E-state index contributed by atoms with van der Waals surface area (Å²) >= 11 is 6.88. The van der Waals surface area contributed by atoms with Crippen LogP contribution in [0.5, 0.6) is 0 Å². The molecular formula is C10H8BrNS2. The molecule has 0 saturated carbocycles. The zero-order valence-electron chi connectivity index (χ0n) is 7.24. The normalized spacial score (nSPS) is 10.4. The van der Waals surface area contributed by atoms with Crippen LogP contribution in [0.2, 0.25) is 0 Å². The number of para-hydroxylation sites is 1. The molecule has 0 fully saturated rings. The molecule has 72 valence electrons. The quantitative estimate of drug-likeness (QED) is 0.835. The molecule has 2 rings (SSSR count). The number of benzene rings is 1. The first kappa shape index (κ1) is 10.1. The third-order valence-electron chi connectivity index (χ3n) is 1.72. The van der Waals surface area contributed by atoms with E-state index in [2.05, 4.69) is 27.4 Å². The van der Waals surface area contributed by atoms with Crippen LogP contribution in [0.3, 0.4) is 0 Å². The molecule has 2 aromatic rings. The Kier molecular flexibility index (Phi) is 3.15. The van der Waals surface area contributed by atoms with Crippen molar-refractivity contribution in [2.75, 3.05) is 5.73 Å². The molecule has 0 bridgehead atoms. The van der Waals surface area contributed by atoms with Gasteiger partial charge in [0.25, 0.3) is 0 Å². The van der Waals surface area contributed by atoms with Crippen molar-refractivity contribution in [1.82, 2.24) is 0 Å². The van der Waals surface area contributed by atoms with Gasteiger partial charge in [-0.25, -0.2) is 0 Å². The maximum absolute atomic E-state index is 5.85. The lowest BCUT2D eigenvalue weighted by molar-refractivity contribution is 1.43. The molecule has 0 aliphatic rings. The van der Waals surface area contributed by atoms with Gasteiger partial charge in [0.1, 0.15) is 0 Å². The van der Waals surface area contributed by atoms with Crippen LogP contribution in [-0.4, -0.2) is 0 Å². The third-order valence-corrected chi connectivity index (χ3v) is 4.95. The zero-order chi connectivity index (χ0) is 9.97. The van der Waals surface area contributed by atoms with Crippen molar-refractivity contribution in [2.45, 2.75) is 9.79 Å². The van der Waals surface area contributed by atoms with Gasteiger partial charge in [0.15, 0.2) is 0 Å². The lowest BCUT2D eigenvalue weighted by atomic mass is 10.3. The van der Waals surface area contributed by atoms with Crippen molar-refractivity contribution in [3.05, 3.63) is 39.5 Å². The van der Waals surface area contributed by atoms with Gasteiger partial charge in [-0.15, -0.1) is 11.3 Å². The minimum Gasteiger partial charge on any atom is -0.398 e. The average molecular weight is 286 g/mol. The Bertz CT molecular complexity index is 439. The number of nitrogen functional groups attached to an aromatic ring is 1. The highest BCUT2D eigenvalue weighted by Gasteiger charge is 2.05. The van der Waals surface area contributed by atoms with Crippen molar-refractivity contribution in [3.63, 3.8) is 0 Å². The van der Waals surface area contributed by atoms with Gasteiger partial charge >= 0.3 is 0 Å². The molecule has 0 unspecified atom stereocenters. The Hall–Kier alpha value is -0.450. The van der Waals surface area contributed by atoms with Crippen LogP contribution >= 0.6 is 39.0 Å². The number of hydrogen-bond donors (Lipinski definition) is 1. The predicted octanol–water partition coefficient (Wildman–Crippen LogP) is 4.24. The van der Waals surface area contributed by atoms with Crippen LogP contribution in [0.15, 0.2) is 49.3 Å². The molecule has 0 aliphatic heterocycles. The van der Waals surface area contributed by atoms with E-state index in [1.54, 1.807) is 23.1 Å². The fourth-order valence-electron chi connectivity index (χ4n) is 1.05. The van der Waals surface area contributed by atoms with Crippen molar-refractivity contribution >= 4 is 44.7 Å². The monoisotopic (exact) mass is 285 g/mol. The van der Waals surface area contributed by atoms with Gasteiger partial charge < -0.3 is 5.73 Å². The fourth-order valence-corrected chi connectivity index (χ4v) is 3.39. The fraction of sp³-hybridized carbons (Fsp3) is 0. The van der Waals surface area contributed by atoms with Crippen LogP contribution < -0.4 is 5.73 Å². The van der Waals surface area contributed by atoms with E-state index in [4.69, 9.17) is 5.73 Å². The second-order valence-corrected chi connectivity index (χ2v) is 6.02. The van der Waals surface area contributed by atoms with Crippen LogP contribution in [-0.2, 0) is 0 Å². The van der Waals surface area contributed by atoms with Gasteiger partial charge in [0.2, 0.25) is 0 Å². The van der Waals surface area contributed by atoms with Crippen molar-refractivity contribution < 1.29 is 0 Å². The van der Waals surface area contributed by atoms with E-state index in [1.807, 2.05) is 24.3 Å². The predicted molar refractivity (Wildman–Crippen MR) is 67.0 cm³/mol. The zero-order valence-corrected chi connectivity index (χ0v) is 10.5. The molecule has 0 amide bonds. The number of hydrogen-bond acceptors (Lipinski definition) is 3. The van der Waals surface area contributed by atoms with Crippen LogP contribution in [0.4, 0.5) is 5.69 Å². The summed E-state index contributed by atoms with van der Waals surface area (Å²) in [6.45, 7) is 0. The molecule has 0 saturated heterocycles. The Morgan fingerprint density at radius 1 is 1.14 bits per heavy atom. The lowest BCUT2D eigenvalue weighted by Gasteiger charge is -2.03. The Morgan fingerprint density at radius 2 is 1.93 bits per heavy atom. The van der Waals surface area contributed by atoms with Crippen LogP contribution in [0, 0.1) is 0 Å². The number of nitrogens with two attached hydrogens (primary N) is 1. The summed E-state index contributed by atoms with van der Waals surface area (Å²) in [6, 6.07) is 9.99. The molecule has 0 atom stereocenters. The maximum Gasteiger partial charge on any atom is 0.0837 e. The van der Waals surface area contributed by atoms with Crippen molar-refractivity contribution in [1.29, 1.82) is 0 Å². The summed E-state index contributed by atoms with van der Waals surface area (Å²) in [6.07, 6.45) is 0. The van der Waals surface area contributed by atoms with Gasteiger partial charge in [0, 0.05) is 15.5 Å². The minimum absolute atomic E-state index is 0.829. The van der Waals surface area contributed by atoms with E-state index < -0.39 is 0 Å². The first-order valence-corrected chi connectivity index (χ1v) is 6.51. The maximum atomic E-state index is 5.85.